The normalized spacial score (nSPS) is 37.3. The molecule has 0 spiro atoms. The van der Waals surface area contributed by atoms with Crippen molar-refractivity contribution < 1.29 is 23.9 Å². The Labute approximate surface area is 89.1 Å². The van der Waals surface area contributed by atoms with Gasteiger partial charge in [-0.3, -0.25) is 0 Å². The lowest BCUT2D eigenvalue weighted by Crippen LogP contribution is -2.47. The molecule has 0 heterocycles. The summed E-state index contributed by atoms with van der Waals surface area (Å²) < 4.78 is 31.5. The third-order valence-corrected chi connectivity index (χ3v) is 4.36. The third-order valence-electron chi connectivity index (χ3n) is 2.84. The van der Waals surface area contributed by atoms with Gasteiger partial charge in [0.2, 0.25) is 0 Å². The summed E-state index contributed by atoms with van der Waals surface area (Å²) in [5.41, 5.74) is -0.286. The molecule has 0 aliphatic heterocycles. The summed E-state index contributed by atoms with van der Waals surface area (Å²) in [6.45, 7) is 0. The van der Waals surface area contributed by atoms with Crippen molar-refractivity contribution >= 4 is 8.80 Å². The molecule has 6 heteroatoms. The maximum absolute atomic E-state index is 6.96. The van der Waals surface area contributed by atoms with E-state index in [0.717, 1.165) is 0 Å². The van der Waals surface area contributed by atoms with Crippen LogP contribution in [0.5, 0.6) is 0 Å². The predicted octanol–water partition coefficient (Wildman–Crippen LogP) is -0.514. The molecule has 5 nitrogen and oxygen atoms in total. The third kappa shape index (κ3) is 2.75. The largest absolute Gasteiger partial charge is 0.496 e. The highest BCUT2D eigenvalue weighted by molar-refractivity contribution is 6.58. The number of methoxy groups -OCH3 is 2. The average Bonchev–Trinajstić information content (AvgIpc) is 2.41. The second-order valence-electron chi connectivity index (χ2n) is 3.66. The summed E-state index contributed by atoms with van der Waals surface area (Å²) in [5, 5.41) is 0. The van der Waals surface area contributed by atoms with Crippen LogP contribution in [0, 0.1) is 0 Å². The Morgan fingerprint density at radius 1 is 1.14 bits per heavy atom. The van der Waals surface area contributed by atoms with E-state index >= 15 is 0 Å². The van der Waals surface area contributed by atoms with Crippen molar-refractivity contribution in [2.75, 3.05) is 14.2 Å². The van der Waals surface area contributed by atoms with E-state index < -0.39 is 8.80 Å². The lowest BCUT2D eigenvalue weighted by atomic mass is 9.94. The first-order valence-electron chi connectivity index (χ1n) is 5.88. The maximum atomic E-state index is 6.96. The van der Waals surface area contributed by atoms with E-state index in [9.17, 15) is 0 Å². The smallest absolute Gasteiger partial charge is 0.390 e. The van der Waals surface area contributed by atoms with Crippen LogP contribution in [0.15, 0.2) is 0 Å². The van der Waals surface area contributed by atoms with Crippen molar-refractivity contribution in [3.8, 4) is 0 Å². The molecule has 0 aromatic carbocycles. The monoisotopic (exact) mass is 228 g/mol. The summed E-state index contributed by atoms with van der Waals surface area (Å²) >= 11 is 0. The van der Waals surface area contributed by atoms with Crippen LogP contribution in [0.1, 0.15) is 19.3 Å². The van der Waals surface area contributed by atoms with Crippen molar-refractivity contribution in [1.29, 1.82) is 4.29 Å². The standard InChI is InChI=1S/C8H18O5Si/c1-12-7-4-3-6(14(9,10)11)5-8(7)13-2/h6-11H,3-5H2,1-2H3/i9T,10T,11T. The van der Waals surface area contributed by atoms with Crippen LogP contribution in [-0.2, 0) is 9.47 Å². The lowest BCUT2D eigenvalue weighted by Gasteiger charge is -2.35. The van der Waals surface area contributed by atoms with Crippen LogP contribution in [0.3, 0.4) is 0 Å². The van der Waals surface area contributed by atoms with E-state index in [4.69, 9.17) is 13.8 Å². The Morgan fingerprint density at radius 2 is 1.79 bits per heavy atom. The van der Waals surface area contributed by atoms with Crippen LogP contribution in [0.2, 0.25) is 5.54 Å². The quantitative estimate of drug-likeness (QED) is 0.533. The molecule has 1 fully saturated rings. The summed E-state index contributed by atoms with van der Waals surface area (Å²) in [6, 6.07) is 0. The Hall–Kier alpha value is 0.0169. The molecule has 1 rings (SSSR count). The minimum absolute atomic E-state index is 0.0230. The van der Waals surface area contributed by atoms with Crippen LogP contribution in [-0.4, -0.2) is 53.9 Å². The minimum atomic E-state index is -3.55. The van der Waals surface area contributed by atoms with Crippen molar-refractivity contribution in [2.45, 2.75) is 37.0 Å². The molecule has 0 aromatic rings. The molecule has 0 amide bonds. The SMILES string of the molecule is [3H]O[Si](O[3H])(O[3H])C1CCC(OC)C(OC)C1. The van der Waals surface area contributed by atoms with Crippen LogP contribution in [0.25, 0.3) is 0 Å². The zero-order valence-corrected chi connectivity index (χ0v) is 9.39. The minimum Gasteiger partial charge on any atom is -0.390 e. The molecule has 14 heavy (non-hydrogen) atoms. The summed E-state index contributed by atoms with van der Waals surface area (Å²) in [5.74, 6) is 0. The first kappa shape index (κ1) is 8.20. The van der Waals surface area contributed by atoms with E-state index in [0.29, 0.717) is 19.3 Å². The van der Waals surface area contributed by atoms with E-state index in [1.54, 1.807) is 14.2 Å². The molecule has 0 saturated heterocycles. The summed E-state index contributed by atoms with van der Waals surface area (Å²) in [4.78, 5) is 13.2. The van der Waals surface area contributed by atoms with Gasteiger partial charge >= 0.3 is 8.80 Å². The second-order valence-corrected chi connectivity index (χ2v) is 5.69. The van der Waals surface area contributed by atoms with Crippen molar-refractivity contribution in [3.05, 3.63) is 0 Å². The molecule has 0 aromatic heterocycles. The van der Waals surface area contributed by atoms with Crippen molar-refractivity contribution in [3.63, 3.8) is 0 Å². The maximum Gasteiger partial charge on any atom is 0.496 e. The summed E-state index contributed by atoms with van der Waals surface area (Å²) in [7, 11) is -0.360. The van der Waals surface area contributed by atoms with Gasteiger partial charge in [0.1, 0.15) is 0 Å². The van der Waals surface area contributed by atoms with Crippen LogP contribution in [0.4, 0.5) is 0 Å². The first-order chi connectivity index (χ1) is 8.17. The fourth-order valence-corrected chi connectivity index (χ4v) is 2.98. The molecule has 0 radical (unpaired) electrons. The van der Waals surface area contributed by atoms with Gasteiger partial charge in [0.25, 0.3) is 0 Å². The second kappa shape index (κ2) is 4.69. The van der Waals surface area contributed by atoms with Gasteiger partial charge in [0.05, 0.1) is 12.2 Å². The Balaban J connectivity index is 2.73. The Bertz CT molecular complexity index is 223. The van der Waals surface area contributed by atoms with Gasteiger partial charge in [-0.15, -0.1) is 0 Å². The van der Waals surface area contributed by atoms with E-state index in [1.165, 1.54) is 0 Å². The fourth-order valence-electron chi connectivity index (χ4n) is 1.94. The topological polar surface area (TPSA) is 79.2 Å². The highest BCUT2D eigenvalue weighted by Gasteiger charge is 2.44. The van der Waals surface area contributed by atoms with Crippen molar-refractivity contribution in [2.24, 2.45) is 0 Å². The van der Waals surface area contributed by atoms with Crippen molar-refractivity contribution in [1.82, 2.24) is 0 Å². The molecule has 3 atom stereocenters. The zero-order valence-electron chi connectivity index (χ0n) is 11.4. The highest BCUT2D eigenvalue weighted by Crippen LogP contribution is 2.35. The zero-order chi connectivity index (χ0) is 12.9. The molecule has 1 saturated carbocycles. The molecule has 3 unspecified atom stereocenters. The van der Waals surface area contributed by atoms with Gasteiger partial charge in [-0.25, -0.2) is 0 Å². The number of ether oxygens (including phenoxy) is 2. The van der Waals surface area contributed by atoms with Gasteiger partial charge in [-0.2, -0.15) is 0 Å². The van der Waals surface area contributed by atoms with E-state index in [-0.39, 0.29) is 17.7 Å². The molecule has 1 aliphatic rings. The van der Waals surface area contributed by atoms with E-state index in [2.05, 4.69) is 14.4 Å². The lowest BCUT2D eigenvalue weighted by molar-refractivity contribution is -0.0620. The van der Waals surface area contributed by atoms with Gasteiger partial charge in [-0.05, 0) is 19.3 Å². The Kier molecular flexibility index (Phi) is 2.75. The number of hydrogen-bond acceptors (Lipinski definition) is 5. The van der Waals surface area contributed by atoms with Gasteiger partial charge in [-0.1, -0.05) is 0 Å². The number of rotatable bonds is 6. The average molecular weight is 228 g/mol. The number of hydrogen-bond donors (Lipinski definition) is 3. The van der Waals surface area contributed by atoms with Gasteiger partial charge in [0, 0.05) is 19.8 Å². The van der Waals surface area contributed by atoms with Crippen LogP contribution >= 0.6 is 0 Å². The highest BCUT2D eigenvalue weighted by atomic mass is 28.4. The molecular weight excluding hydrogens is 204 g/mol. The molecule has 3 N–H and O–H groups in total. The molecule has 84 valence electrons. The van der Waals surface area contributed by atoms with Gasteiger partial charge < -0.3 is 23.9 Å². The first-order valence-corrected chi connectivity index (χ1v) is 6.46. The predicted molar refractivity (Wildman–Crippen MR) is 51.6 cm³/mol. The molecule has 1 aliphatic carbocycles. The fraction of sp³-hybridized carbons (Fsp3) is 1.00. The molecular formula is C8H18O5Si. The van der Waals surface area contributed by atoms with E-state index in [1.807, 2.05) is 0 Å². The molecule has 0 bridgehead atoms. The van der Waals surface area contributed by atoms with Crippen LogP contribution < -0.4 is 0 Å². The Morgan fingerprint density at radius 3 is 2.29 bits per heavy atom. The summed E-state index contributed by atoms with van der Waals surface area (Å²) in [6.07, 6.45) is 1.64. The van der Waals surface area contributed by atoms with Gasteiger partial charge in [0.15, 0.2) is 4.29 Å².